The molecule has 0 N–H and O–H groups in total. The third-order valence-electron chi connectivity index (χ3n) is 4.42. The Kier molecular flexibility index (Phi) is 5.35. The van der Waals surface area contributed by atoms with E-state index >= 15 is 0 Å². The Hall–Kier alpha value is -3.42. The summed E-state index contributed by atoms with van der Waals surface area (Å²) in [6.07, 6.45) is -0.104. The number of anilines is 1. The van der Waals surface area contributed by atoms with Crippen LogP contribution < -0.4 is 14.4 Å². The Morgan fingerprint density at radius 1 is 1.00 bits per heavy atom. The molecule has 140 valence electrons. The standard InChI is InChI=1S/C19H19N3O5/c1-26-15-7-3-13(4-8-15)12-21(20-25)17-11-18(23)22(19(17)24)14-5-9-16(27-2)10-6-14/h3-10,17H,11-12H2,1-2H3/t17-/m0/s1. The Balaban J connectivity index is 1.77. The van der Waals surface area contributed by atoms with Gasteiger partial charge in [0.25, 0.3) is 5.91 Å². The summed E-state index contributed by atoms with van der Waals surface area (Å²) in [5, 5.41) is 4.08. The maximum Gasteiger partial charge on any atom is 0.258 e. The average Bonchev–Trinajstić information content (AvgIpc) is 3.00. The lowest BCUT2D eigenvalue weighted by atomic mass is 10.1. The molecule has 0 bridgehead atoms. The lowest BCUT2D eigenvalue weighted by Gasteiger charge is -2.21. The number of hydrogen-bond donors (Lipinski definition) is 0. The molecule has 1 atom stereocenters. The van der Waals surface area contributed by atoms with Gasteiger partial charge in [-0.3, -0.25) is 9.59 Å². The fourth-order valence-electron chi connectivity index (χ4n) is 2.97. The van der Waals surface area contributed by atoms with E-state index in [0.717, 1.165) is 15.5 Å². The van der Waals surface area contributed by atoms with Gasteiger partial charge in [0, 0.05) is 0 Å². The van der Waals surface area contributed by atoms with Gasteiger partial charge in [-0.1, -0.05) is 12.1 Å². The van der Waals surface area contributed by atoms with E-state index < -0.39 is 11.9 Å². The van der Waals surface area contributed by atoms with Crippen LogP contribution >= 0.6 is 0 Å². The highest BCUT2D eigenvalue weighted by Crippen LogP contribution is 2.28. The van der Waals surface area contributed by atoms with Crippen LogP contribution in [0.1, 0.15) is 12.0 Å². The van der Waals surface area contributed by atoms with Gasteiger partial charge in [0.1, 0.15) is 17.5 Å². The minimum Gasteiger partial charge on any atom is -0.497 e. The first-order valence-corrected chi connectivity index (χ1v) is 8.31. The molecular formula is C19H19N3O5. The number of rotatable bonds is 7. The molecule has 2 aromatic rings. The maximum absolute atomic E-state index is 12.8. The molecule has 1 aliphatic rings. The Morgan fingerprint density at radius 3 is 2.07 bits per heavy atom. The number of methoxy groups -OCH3 is 2. The first-order valence-electron chi connectivity index (χ1n) is 8.31. The second-order valence-corrected chi connectivity index (χ2v) is 6.01. The van der Waals surface area contributed by atoms with Gasteiger partial charge in [-0.15, -0.1) is 4.91 Å². The van der Waals surface area contributed by atoms with E-state index in [2.05, 4.69) is 5.29 Å². The zero-order valence-corrected chi connectivity index (χ0v) is 15.0. The molecule has 27 heavy (non-hydrogen) atoms. The molecule has 0 radical (unpaired) electrons. The van der Waals surface area contributed by atoms with Crippen molar-refractivity contribution in [2.45, 2.75) is 19.0 Å². The predicted octanol–water partition coefficient (Wildman–Crippen LogP) is 2.52. The Labute approximate surface area is 156 Å². The number of amides is 2. The molecule has 1 aliphatic heterocycles. The fourth-order valence-corrected chi connectivity index (χ4v) is 2.97. The molecule has 1 fully saturated rings. The molecule has 0 aliphatic carbocycles. The molecule has 3 rings (SSSR count). The van der Waals surface area contributed by atoms with Gasteiger partial charge < -0.3 is 9.47 Å². The first-order chi connectivity index (χ1) is 13.1. The number of nitroso groups, excluding NO2 is 1. The molecule has 2 amide bonds. The summed E-state index contributed by atoms with van der Waals surface area (Å²) < 4.78 is 10.2. The zero-order valence-electron chi connectivity index (χ0n) is 15.0. The van der Waals surface area contributed by atoms with Crippen LogP contribution in [0.25, 0.3) is 0 Å². The van der Waals surface area contributed by atoms with Crippen LogP contribution in [0.15, 0.2) is 53.8 Å². The quantitative estimate of drug-likeness (QED) is 0.423. The van der Waals surface area contributed by atoms with Crippen molar-refractivity contribution in [3.8, 4) is 11.5 Å². The summed E-state index contributed by atoms with van der Waals surface area (Å²) in [6.45, 7) is 0.119. The fraction of sp³-hybridized carbons (Fsp3) is 0.263. The highest BCUT2D eigenvalue weighted by atomic mass is 16.5. The molecule has 8 heteroatoms. The van der Waals surface area contributed by atoms with Gasteiger partial charge in [0.05, 0.1) is 38.2 Å². The summed E-state index contributed by atoms with van der Waals surface area (Å²) >= 11 is 0. The monoisotopic (exact) mass is 369 g/mol. The van der Waals surface area contributed by atoms with Crippen LogP contribution in [0.4, 0.5) is 5.69 Å². The number of carbonyl (C=O) groups is 2. The highest BCUT2D eigenvalue weighted by molar-refractivity contribution is 6.22. The van der Waals surface area contributed by atoms with Crippen LogP contribution in [-0.2, 0) is 16.1 Å². The molecule has 1 heterocycles. The summed E-state index contributed by atoms with van der Waals surface area (Å²) in [7, 11) is 3.09. The highest BCUT2D eigenvalue weighted by Gasteiger charge is 2.43. The van der Waals surface area contributed by atoms with Gasteiger partial charge in [-0.25, -0.2) is 9.91 Å². The number of imide groups is 1. The topological polar surface area (TPSA) is 88.5 Å². The maximum atomic E-state index is 12.8. The van der Waals surface area contributed by atoms with Gasteiger partial charge in [0.2, 0.25) is 5.91 Å². The number of carbonyl (C=O) groups excluding carboxylic acids is 2. The van der Waals surface area contributed by atoms with E-state index in [1.807, 2.05) is 0 Å². The van der Waals surface area contributed by atoms with Gasteiger partial charge >= 0.3 is 0 Å². The Bertz CT molecular complexity index is 835. The van der Waals surface area contributed by atoms with E-state index in [1.165, 1.54) is 7.11 Å². The molecule has 0 saturated carbocycles. The number of hydrogen-bond acceptors (Lipinski definition) is 6. The third-order valence-corrected chi connectivity index (χ3v) is 4.42. The van der Waals surface area contributed by atoms with E-state index in [9.17, 15) is 14.5 Å². The van der Waals surface area contributed by atoms with Crippen molar-refractivity contribution in [2.24, 2.45) is 5.29 Å². The smallest absolute Gasteiger partial charge is 0.258 e. The molecular weight excluding hydrogens is 350 g/mol. The minimum atomic E-state index is -0.931. The van der Waals surface area contributed by atoms with Crippen LogP contribution in [0.5, 0.6) is 11.5 Å². The lowest BCUT2D eigenvalue weighted by molar-refractivity contribution is -0.123. The van der Waals surface area contributed by atoms with Crippen molar-refractivity contribution in [2.75, 3.05) is 19.1 Å². The van der Waals surface area contributed by atoms with E-state index in [-0.39, 0.29) is 18.9 Å². The molecule has 0 unspecified atom stereocenters. The second kappa shape index (κ2) is 7.86. The van der Waals surface area contributed by atoms with E-state index in [1.54, 1.807) is 55.6 Å². The lowest BCUT2D eigenvalue weighted by Crippen LogP contribution is -2.39. The normalized spacial score (nSPS) is 16.4. The largest absolute Gasteiger partial charge is 0.497 e. The van der Waals surface area contributed by atoms with Gasteiger partial charge in [-0.05, 0) is 42.0 Å². The summed E-state index contributed by atoms with van der Waals surface area (Å²) in [6, 6.07) is 12.7. The van der Waals surface area contributed by atoms with E-state index in [0.29, 0.717) is 17.2 Å². The summed E-state index contributed by atoms with van der Waals surface area (Å²) in [5.41, 5.74) is 1.21. The van der Waals surface area contributed by atoms with Gasteiger partial charge in [-0.2, -0.15) is 0 Å². The Morgan fingerprint density at radius 2 is 1.56 bits per heavy atom. The molecule has 2 aromatic carbocycles. The zero-order chi connectivity index (χ0) is 19.4. The van der Waals surface area contributed by atoms with Crippen molar-refractivity contribution < 1.29 is 19.1 Å². The van der Waals surface area contributed by atoms with Crippen molar-refractivity contribution in [1.29, 1.82) is 0 Å². The predicted molar refractivity (Wildman–Crippen MR) is 98.2 cm³/mol. The third kappa shape index (κ3) is 3.74. The molecule has 1 saturated heterocycles. The second-order valence-electron chi connectivity index (χ2n) is 6.01. The number of nitrogens with zero attached hydrogens (tertiary/aromatic N) is 3. The average molecular weight is 369 g/mol. The van der Waals surface area contributed by atoms with Crippen LogP contribution in [0.2, 0.25) is 0 Å². The SMILES string of the molecule is COc1ccc(CN(N=O)[C@H]2CC(=O)N(c3ccc(OC)cc3)C2=O)cc1. The molecule has 8 nitrogen and oxygen atoms in total. The minimum absolute atomic E-state index is 0.104. The summed E-state index contributed by atoms with van der Waals surface area (Å²) in [5.74, 6) is 0.448. The first kappa shape index (κ1) is 18.4. The van der Waals surface area contributed by atoms with Crippen LogP contribution in [-0.4, -0.2) is 37.1 Å². The van der Waals surface area contributed by atoms with Crippen LogP contribution in [0, 0.1) is 4.91 Å². The van der Waals surface area contributed by atoms with Crippen LogP contribution in [0.3, 0.4) is 0 Å². The summed E-state index contributed by atoms with van der Waals surface area (Å²) in [4.78, 5) is 37.6. The van der Waals surface area contributed by atoms with Crippen molar-refractivity contribution in [1.82, 2.24) is 5.01 Å². The van der Waals surface area contributed by atoms with Crippen molar-refractivity contribution >= 4 is 17.5 Å². The van der Waals surface area contributed by atoms with E-state index in [4.69, 9.17) is 9.47 Å². The van der Waals surface area contributed by atoms with Gasteiger partial charge in [0.15, 0.2) is 0 Å². The molecule has 0 spiro atoms. The van der Waals surface area contributed by atoms with Crippen molar-refractivity contribution in [3.05, 3.63) is 59.0 Å². The number of ether oxygens (including phenoxy) is 2. The number of benzene rings is 2. The van der Waals surface area contributed by atoms with Crippen molar-refractivity contribution in [3.63, 3.8) is 0 Å². The molecule has 0 aromatic heterocycles.